The largest absolute Gasteiger partial charge is 0.378 e. The van der Waals surface area contributed by atoms with Crippen molar-refractivity contribution in [2.45, 2.75) is 0 Å². The van der Waals surface area contributed by atoms with Crippen molar-refractivity contribution in [3.8, 4) is 0 Å². The second kappa shape index (κ2) is 9.01. The van der Waals surface area contributed by atoms with Gasteiger partial charge in [0.15, 0.2) is 0 Å². The number of rotatable bonds is 5. The lowest BCUT2D eigenvalue weighted by Gasteiger charge is -2.28. The number of nitrogens with zero attached hydrogens (tertiary/aromatic N) is 3. The lowest BCUT2D eigenvalue weighted by atomic mass is 10.1. The first-order chi connectivity index (χ1) is 13.5. The van der Waals surface area contributed by atoms with E-state index in [4.69, 9.17) is 27.9 Å². The standard InChI is InChI=1S/C18H16Cl2N4O4/c19-13-2-3-14(15(20)10-13)18(25)22-21-11-12-1-4-16(17(9-12)24(26)27)23-5-7-28-8-6-23/h1-4,9-11H,5-8H2,(H,22,25)/b21-11-. The van der Waals surface area contributed by atoms with Crippen LogP contribution in [0.2, 0.25) is 10.0 Å². The van der Waals surface area contributed by atoms with E-state index >= 15 is 0 Å². The summed E-state index contributed by atoms with van der Waals surface area (Å²) in [5.41, 5.74) is 3.54. The summed E-state index contributed by atoms with van der Waals surface area (Å²) in [6.45, 7) is 2.23. The Labute approximate surface area is 170 Å². The lowest BCUT2D eigenvalue weighted by Crippen LogP contribution is -2.36. The molecule has 1 aliphatic rings. The Morgan fingerprint density at radius 1 is 1.21 bits per heavy atom. The van der Waals surface area contributed by atoms with Crippen LogP contribution in [0.1, 0.15) is 15.9 Å². The zero-order valence-corrected chi connectivity index (χ0v) is 16.1. The molecule has 0 radical (unpaired) electrons. The molecule has 1 saturated heterocycles. The molecule has 1 N–H and O–H groups in total. The Morgan fingerprint density at radius 2 is 1.96 bits per heavy atom. The summed E-state index contributed by atoms with van der Waals surface area (Å²) in [6.07, 6.45) is 1.33. The maximum absolute atomic E-state index is 12.1. The van der Waals surface area contributed by atoms with Gasteiger partial charge in [-0.2, -0.15) is 5.10 Å². The van der Waals surface area contributed by atoms with E-state index in [9.17, 15) is 14.9 Å². The van der Waals surface area contributed by atoms with Crippen LogP contribution in [0.5, 0.6) is 0 Å². The first kappa shape index (κ1) is 20.1. The average Bonchev–Trinajstić information content (AvgIpc) is 2.68. The molecule has 146 valence electrons. The van der Waals surface area contributed by atoms with Crippen molar-refractivity contribution in [3.63, 3.8) is 0 Å². The minimum absolute atomic E-state index is 0.0297. The molecule has 1 aliphatic heterocycles. The Balaban J connectivity index is 1.73. The van der Waals surface area contributed by atoms with Crippen molar-refractivity contribution >= 4 is 46.7 Å². The van der Waals surface area contributed by atoms with Gasteiger partial charge >= 0.3 is 0 Å². The number of hydrazone groups is 1. The van der Waals surface area contributed by atoms with Crippen LogP contribution in [-0.2, 0) is 4.74 Å². The number of anilines is 1. The van der Waals surface area contributed by atoms with Crippen LogP contribution >= 0.6 is 23.2 Å². The number of halogens is 2. The molecule has 2 aromatic carbocycles. The second-order valence-electron chi connectivity index (χ2n) is 5.93. The van der Waals surface area contributed by atoms with Gasteiger partial charge in [-0.15, -0.1) is 0 Å². The van der Waals surface area contributed by atoms with E-state index in [0.29, 0.717) is 42.6 Å². The van der Waals surface area contributed by atoms with Crippen LogP contribution in [0.15, 0.2) is 41.5 Å². The topological polar surface area (TPSA) is 97.1 Å². The fraction of sp³-hybridized carbons (Fsp3) is 0.222. The SMILES string of the molecule is O=C(N/N=C\c1ccc(N2CCOCC2)c([N+](=O)[O-])c1)c1ccc(Cl)cc1Cl. The maximum atomic E-state index is 12.1. The molecule has 10 heteroatoms. The van der Waals surface area contributed by atoms with E-state index in [2.05, 4.69) is 10.5 Å². The van der Waals surface area contributed by atoms with Gasteiger partial charge in [0, 0.05) is 29.7 Å². The average molecular weight is 423 g/mol. The molecule has 0 unspecified atom stereocenters. The number of carbonyl (C=O) groups is 1. The van der Waals surface area contributed by atoms with Crippen molar-refractivity contribution in [3.05, 3.63) is 67.7 Å². The van der Waals surface area contributed by atoms with Crippen LogP contribution in [0.25, 0.3) is 0 Å². The molecule has 1 amide bonds. The highest BCUT2D eigenvalue weighted by Gasteiger charge is 2.21. The summed E-state index contributed by atoms with van der Waals surface area (Å²) >= 11 is 11.8. The van der Waals surface area contributed by atoms with Crippen LogP contribution in [0, 0.1) is 10.1 Å². The summed E-state index contributed by atoms with van der Waals surface area (Å²) in [7, 11) is 0. The predicted molar refractivity (Wildman–Crippen MR) is 108 cm³/mol. The van der Waals surface area contributed by atoms with Gasteiger partial charge in [-0.05, 0) is 24.3 Å². The first-order valence-corrected chi connectivity index (χ1v) is 9.11. The highest BCUT2D eigenvalue weighted by atomic mass is 35.5. The molecule has 8 nitrogen and oxygen atoms in total. The summed E-state index contributed by atoms with van der Waals surface area (Å²) in [5, 5.41) is 15.9. The molecule has 0 saturated carbocycles. The minimum atomic E-state index is -0.516. The van der Waals surface area contributed by atoms with Crippen molar-refractivity contribution < 1.29 is 14.5 Å². The molecule has 1 heterocycles. The number of hydrogen-bond donors (Lipinski definition) is 1. The number of morpholine rings is 1. The van der Waals surface area contributed by atoms with E-state index in [0.717, 1.165) is 0 Å². The second-order valence-corrected chi connectivity index (χ2v) is 6.77. The molecule has 0 bridgehead atoms. The number of ether oxygens (including phenoxy) is 1. The van der Waals surface area contributed by atoms with Gasteiger partial charge in [0.2, 0.25) is 0 Å². The van der Waals surface area contributed by atoms with E-state index < -0.39 is 10.8 Å². The van der Waals surface area contributed by atoms with E-state index in [-0.39, 0.29) is 16.3 Å². The number of benzene rings is 2. The molecule has 0 aliphatic carbocycles. The summed E-state index contributed by atoms with van der Waals surface area (Å²) < 4.78 is 5.28. The van der Waals surface area contributed by atoms with E-state index in [1.165, 1.54) is 24.4 Å². The number of nitro benzene ring substituents is 1. The molecule has 0 aromatic heterocycles. The first-order valence-electron chi connectivity index (χ1n) is 8.35. The minimum Gasteiger partial charge on any atom is -0.378 e. The fourth-order valence-corrected chi connectivity index (χ4v) is 3.23. The number of nitro groups is 1. The molecular formula is C18H16Cl2N4O4. The summed E-state index contributed by atoms with van der Waals surface area (Å²) in [6, 6.07) is 9.26. The zero-order valence-electron chi connectivity index (χ0n) is 14.6. The molecule has 0 atom stereocenters. The molecule has 1 fully saturated rings. The Hall–Kier alpha value is -2.68. The van der Waals surface area contributed by atoms with Gasteiger partial charge in [0.05, 0.1) is 34.9 Å². The summed E-state index contributed by atoms with van der Waals surface area (Å²) in [5.74, 6) is -0.516. The molecule has 3 rings (SSSR count). The highest BCUT2D eigenvalue weighted by molar-refractivity contribution is 6.36. The molecule has 2 aromatic rings. The van der Waals surface area contributed by atoms with Gasteiger partial charge in [0.1, 0.15) is 5.69 Å². The highest BCUT2D eigenvalue weighted by Crippen LogP contribution is 2.29. The van der Waals surface area contributed by atoms with Gasteiger partial charge in [0.25, 0.3) is 11.6 Å². The van der Waals surface area contributed by atoms with Gasteiger partial charge in [-0.1, -0.05) is 29.3 Å². The number of carbonyl (C=O) groups excluding carboxylic acids is 1. The van der Waals surface area contributed by atoms with Crippen LogP contribution in [0.4, 0.5) is 11.4 Å². The Kier molecular flexibility index (Phi) is 6.45. The van der Waals surface area contributed by atoms with Crippen LogP contribution < -0.4 is 10.3 Å². The maximum Gasteiger partial charge on any atom is 0.293 e. The van der Waals surface area contributed by atoms with E-state index in [1.54, 1.807) is 18.2 Å². The molecule has 28 heavy (non-hydrogen) atoms. The third-order valence-corrected chi connectivity index (χ3v) is 4.65. The Morgan fingerprint density at radius 3 is 2.64 bits per heavy atom. The van der Waals surface area contributed by atoms with Gasteiger partial charge in [-0.25, -0.2) is 5.43 Å². The summed E-state index contributed by atoms with van der Waals surface area (Å²) in [4.78, 5) is 25.1. The van der Waals surface area contributed by atoms with Crippen LogP contribution in [-0.4, -0.2) is 43.3 Å². The fourth-order valence-electron chi connectivity index (χ4n) is 2.74. The van der Waals surface area contributed by atoms with Gasteiger partial charge < -0.3 is 9.64 Å². The quantitative estimate of drug-likeness (QED) is 0.451. The van der Waals surface area contributed by atoms with Crippen LogP contribution in [0.3, 0.4) is 0 Å². The molecule has 0 spiro atoms. The normalized spacial score (nSPS) is 14.3. The predicted octanol–water partition coefficient (Wildman–Crippen LogP) is 3.50. The Bertz CT molecular complexity index is 930. The smallest absolute Gasteiger partial charge is 0.293 e. The van der Waals surface area contributed by atoms with Crippen molar-refractivity contribution in [2.75, 3.05) is 31.2 Å². The van der Waals surface area contributed by atoms with Gasteiger partial charge in [-0.3, -0.25) is 14.9 Å². The lowest BCUT2D eigenvalue weighted by molar-refractivity contribution is -0.384. The number of amides is 1. The number of nitrogens with one attached hydrogen (secondary N) is 1. The number of hydrogen-bond acceptors (Lipinski definition) is 6. The third kappa shape index (κ3) is 4.78. The van der Waals surface area contributed by atoms with E-state index in [1.807, 2.05) is 4.90 Å². The van der Waals surface area contributed by atoms with Crippen molar-refractivity contribution in [1.82, 2.24) is 5.43 Å². The molecular weight excluding hydrogens is 407 g/mol. The van der Waals surface area contributed by atoms with Crippen molar-refractivity contribution in [1.29, 1.82) is 0 Å². The van der Waals surface area contributed by atoms with Crippen molar-refractivity contribution in [2.24, 2.45) is 5.10 Å². The third-order valence-electron chi connectivity index (χ3n) is 4.10. The zero-order chi connectivity index (χ0) is 20.1. The monoisotopic (exact) mass is 422 g/mol.